The lowest BCUT2D eigenvalue weighted by Gasteiger charge is -2.36. The molecular weight excluding hydrogens is 286 g/mol. The maximum Gasteiger partial charge on any atom is 0.191 e. The third-order valence-corrected chi connectivity index (χ3v) is 4.55. The largest absolute Gasteiger partial charge is 0.375 e. The highest BCUT2D eigenvalue weighted by atomic mass is 35.5. The van der Waals surface area contributed by atoms with E-state index in [-0.39, 0.29) is 6.10 Å². The Hall–Kier alpha value is -1.26. The first-order chi connectivity index (χ1) is 10.1. The summed E-state index contributed by atoms with van der Waals surface area (Å²) in [6.07, 6.45) is 2.34. The second-order valence-corrected chi connectivity index (χ2v) is 6.43. The summed E-state index contributed by atoms with van der Waals surface area (Å²) in [5.74, 6) is 1.23. The van der Waals surface area contributed by atoms with Crippen LogP contribution >= 0.6 is 11.6 Å². The van der Waals surface area contributed by atoms with Crippen LogP contribution in [0.1, 0.15) is 31.2 Å². The SMILES string of the molecule is CC1CN(C(N)=NC2CC(c3cccc(Cl)c3)C2)CCO1. The van der Waals surface area contributed by atoms with E-state index in [0.717, 1.165) is 37.6 Å². The van der Waals surface area contributed by atoms with Crippen molar-refractivity contribution in [3.05, 3.63) is 34.9 Å². The maximum absolute atomic E-state index is 6.13. The lowest BCUT2D eigenvalue weighted by molar-refractivity contribution is 0.00512. The summed E-state index contributed by atoms with van der Waals surface area (Å²) in [4.78, 5) is 6.80. The van der Waals surface area contributed by atoms with Gasteiger partial charge >= 0.3 is 0 Å². The van der Waals surface area contributed by atoms with Gasteiger partial charge < -0.3 is 15.4 Å². The molecule has 3 rings (SSSR count). The van der Waals surface area contributed by atoms with E-state index >= 15 is 0 Å². The predicted molar refractivity (Wildman–Crippen MR) is 85.8 cm³/mol. The van der Waals surface area contributed by atoms with Crippen molar-refractivity contribution >= 4 is 17.6 Å². The summed E-state index contributed by atoms with van der Waals surface area (Å²) in [6, 6.07) is 8.46. The Morgan fingerprint density at radius 2 is 2.24 bits per heavy atom. The molecule has 21 heavy (non-hydrogen) atoms. The van der Waals surface area contributed by atoms with E-state index in [1.165, 1.54) is 5.56 Å². The van der Waals surface area contributed by atoms with E-state index in [4.69, 9.17) is 22.1 Å². The highest BCUT2D eigenvalue weighted by Gasteiger charge is 2.31. The molecule has 1 aromatic carbocycles. The molecule has 114 valence electrons. The smallest absolute Gasteiger partial charge is 0.191 e. The molecule has 0 spiro atoms. The van der Waals surface area contributed by atoms with Crippen molar-refractivity contribution in [3.8, 4) is 0 Å². The minimum atomic E-state index is 0.230. The van der Waals surface area contributed by atoms with Crippen LogP contribution in [0.15, 0.2) is 29.3 Å². The normalized spacial score (nSPS) is 30.1. The van der Waals surface area contributed by atoms with Crippen LogP contribution < -0.4 is 5.73 Å². The van der Waals surface area contributed by atoms with Gasteiger partial charge in [-0.15, -0.1) is 0 Å². The molecule has 2 aliphatic rings. The van der Waals surface area contributed by atoms with Gasteiger partial charge in [-0.05, 0) is 43.4 Å². The lowest BCUT2D eigenvalue weighted by Crippen LogP contribution is -2.48. The molecule has 1 aliphatic carbocycles. The second-order valence-electron chi connectivity index (χ2n) is 5.99. The first-order valence-corrected chi connectivity index (χ1v) is 7.95. The topological polar surface area (TPSA) is 50.8 Å². The van der Waals surface area contributed by atoms with Crippen molar-refractivity contribution in [3.63, 3.8) is 0 Å². The van der Waals surface area contributed by atoms with Crippen molar-refractivity contribution in [2.75, 3.05) is 19.7 Å². The zero-order chi connectivity index (χ0) is 14.8. The zero-order valence-electron chi connectivity index (χ0n) is 12.3. The van der Waals surface area contributed by atoms with Crippen LogP contribution in [0.2, 0.25) is 5.02 Å². The number of halogens is 1. The molecule has 2 N–H and O–H groups in total. The van der Waals surface area contributed by atoms with Crippen molar-refractivity contribution in [1.29, 1.82) is 0 Å². The summed E-state index contributed by atoms with van der Waals surface area (Å²) in [6.45, 7) is 4.47. The molecule has 2 fully saturated rings. The van der Waals surface area contributed by atoms with Gasteiger partial charge in [0.25, 0.3) is 0 Å². The Labute approximate surface area is 130 Å². The van der Waals surface area contributed by atoms with Crippen molar-refractivity contribution in [1.82, 2.24) is 4.90 Å². The molecule has 0 bridgehead atoms. The Balaban J connectivity index is 1.55. The first kappa shape index (κ1) is 14.7. The van der Waals surface area contributed by atoms with Crippen LogP contribution in [0, 0.1) is 0 Å². The Bertz CT molecular complexity index is 528. The van der Waals surface area contributed by atoms with Gasteiger partial charge in [0.2, 0.25) is 0 Å². The average molecular weight is 308 g/mol. The highest BCUT2D eigenvalue weighted by molar-refractivity contribution is 6.30. The van der Waals surface area contributed by atoms with Crippen molar-refractivity contribution in [2.24, 2.45) is 10.7 Å². The average Bonchev–Trinajstić information content (AvgIpc) is 2.42. The fourth-order valence-electron chi connectivity index (χ4n) is 3.02. The molecule has 1 unspecified atom stereocenters. The van der Waals surface area contributed by atoms with E-state index in [1.807, 2.05) is 12.1 Å². The van der Waals surface area contributed by atoms with Gasteiger partial charge in [-0.3, -0.25) is 0 Å². The molecule has 1 aliphatic heterocycles. The van der Waals surface area contributed by atoms with Gasteiger partial charge in [0.1, 0.15) is 0 Å². The number of rotatable bonds is 2. The van der Waals surface area contributed by atoms with Gasteiger partial charge in [0.15, 0.2) is 5.96 Å². The number of ether oxygens (including phenoxy) is 1. The van der Waals surface area contributed by atoms with Crippen LogP contribution in [0.3, 0.4) is 0 Å². The van der Waals surface area contributed by atoms with E-state index < -0.39 is 0 Å². The summed E-state index contributed by atoms with van der Waals surface area (Å²) >= 11 is 6.04. The fourth-order valence-corrected chi connectivity index (χ4v) is 3.22. The number of morpholine rings is 1. The van der Waals surface area contributed by atoms with Gasteiger partial charge in [-0.1, -0.05) is 23.7 Å². The standard InChI is InChI=1S/C16H22ClN3O/c1-11-10-20(5-6-21-11)16(18)19-15-8-13(9-15)12-3-2-4-14(17)7-12/h2-4,7,11,13,15H,5-6,8-10H2,1H3,(H2,18,19). The number of nitrogens with zero attached hydrogens (tertiary/aromatic N) is 2. The molecule has 1 saturated heterocycles. The van der Waals surface area contributed by atoms with Gasteiger partial charge in [-0.2, -0.15) is 0 Å². The Kier molecular flexibility index (Phi) is 4.36. The monoisotopic (exact) mass is 307 g/mol. The van der Waals surface area contributed by atoms with Gasteiger partial charge in [0, 0.05) is 18.1 Å². The van der Waals surface area contributed by atoms with Crippen molar-refractivity contribution in [2.45, 2.75) is 37.8 Å². The zero-order valence-corrected chi connectivity index (χ0v) is 13.1. The first-order valence-electron chi connectivity index (χ1n) is 7.57. The number of aliphatic imine (C=N–C) groups is 1. The molecule has 0 radical (unpaired) electrons. The predicted octanol–water partition coefficient (Wildman–Crippen LogP) is 2.62. The van der Waals surface area contributed by atoms with Crippen LogP contribution in [-0.4, -0.2) is 42.7 Å². The number of hydrogen-bond donors (Lipinski definition) is 1. The quantitative estimate of drug-likeness (QED) is 0.675. The van der Waals surface area contributed by atoms with E-state index in [9.17, 15) is 0 Å². The molecule has 1 heterocycles. The molecule has 1 saturated carbocycles. The number of guanidine groups is 1. The fraction of sp³-hybridized carbons (Fsp3) is 0.562. The van der Waals surface area contributed by atoms with E-state index in [0.29, 0.717) is 17.9 Å². The summed E-state index contributed by atoms with van der Waals surface area (Å²) < 4.78 is 5.52. The molecule has 0 amide bonds. The van der Waals surface area contributed by atoms with Gasteiger partial charge in [0.05, 0.1) is 18.8 Å². The number of hydrogen-bond acceptors (Lipinski definition) is 2. The molecular formula is C16H22ClN3O. The Morgan fingerprint density at radius 1 is 1.43 bits per heavy atom. The van der Waals surface area contributed by atoms with Crippen LogP contribution in [0.4, 0.5) is 0 Å². The third-order valence-electron chi connectivity index (χ3n) is 4.31. The summed E-state index contributed by atoms with van der Waals surface area (Å²) in [5, 5.41) is 0.807. The van der Waals surface area contributed by atoms with E-state index in [2.05, 4.69) is 28.9 Å². The van der Waals surface area contributed by atoms with Gasteiger partial charge in [-0.25, -0.2) is 4.99 Å². The second kappa shape index (κ2) is 6.24. The lowest BCUT2D eigenvalue weighted by atomic mass is 9.76. The molecule has 0 aromatic heterocycles. The molecule has 1 aromatic rings. The number of benzene rings is 1. The van der Waals surface area contributed by atoms with E-state index in [1.54, 1.807) is 0 Å². The van der Waals surface area contributed by atoms with Crippen LogP contribution in [0.25, 0.3) is 0 Å². The molecule has 4 nitrogen and oxygen atoms in total. The van der Waals surface area contributed by atoms with Crippen LogP contribution in [0.5, 0.6) is 0 Å². The minimum Gasteiger partial charge on any atom is -0.375 e. The van der Waals surface area contributed by atoms with Crippen LogP contribution in [-0.2, 0) is 4.74 Å². The summed E-state index contributed by atoms with van der Waals surface area (Å²) in [5.41, 5.74) is 7.44. The van der Waals surface area contributed by atoms with Crippen molar-refractivity contribution < 1.29 is 4.74 Å². The Morgan fingerprint density at radius 3 is 2.95 bits per heavy atom. The molecule has 5 heteroatoms. The number of nitrogens with two attached hydrogens (primary N) is 1. The highest BCUT2D eigenvalue weighted by Crippen LogP contribution is 2.39. The minimum absolute atomic E-state index is 0.230. The maximum atomic E-state index is 6.13. The molecule has 1 atom stereocenters. The third kappa shape index (κ3) is 3.50. The summed E-state index contributed by atoms with van der Waals surface area (Å²) in [7, 11) is 0.